The van der Waals surface area contributed by atoms with Gasteiger partial charge in [0.15, 0.2) is 0 Å². The summed E-state index contributed by atoms with van der Waals surface area (Å²) >= 11 is 0. The second-order valence-electron chi connectivity index (χ2n) is 3.77. The fourth-order valence-corrected chi connectivity index (χ4v) is 1.82. The molecular formula is C10H15N3. The predicted molar refractivity (Wildman–Crippen MR) is 51.9 cm³/mol. The van der Waals surface area contributed by atoms with Crippen LogP contribution < -0.4 is 11.5 Å². The number of nitrogens with two attached hydrogens (primary N) is 2. The van der Waals surface area contributed by atoms with Gasteiger partial charge in [0, 0.05) is 18.3 Å². The van der Waals surface area contributed by atoms with Crippen molar-refractivity contribution in [3.05, 3.63) is 30.1 Å². The Kier molecular flexibility index (Phi) is 2.29. The normalized spacial score (nSPS) is 29.4. The molecule has 1 aromatic heterocycles. The highest BCUT2D eigenvalue weighted by molar-refractivity contribution is 5.11. The van der Waals surface area contributed by atoms with E-state index in [9.17, 15) is 0 Å². The second-order valence-corrected chi connectivity index (χ2v) is 3.77. The van der Waals surface area contributed by atoms with Crippen LogP contribution in [0, 0.1) is 5.92 Å². The molecule has 0 radical (unpaired) electrons. The summed E-state index contributed by atoms with van der Waals surface area (Å²) in [7, 11) is 0. The van der Waals surface area contributed by atoms with Crippen molar-refractivity contribution in [2.45, 2.75) is 24.9 Å². The smallest absolute Gasteiger partial charge is 0.0573 e. The fourth-order valence-electron chi connectivity index (χ4n) is 1.82. The lowest BCUT2D eigenvalue weighted by Crippen LogP contribution is -2.41. The number of rotatable bonds is 2. The highest BCUT2D eigenvalue weighted by Gasteiger charge is 2.32. The second kappa shape index (κ2) is 3.44. The number of nitrogens with zero attached hydrogens (tertiary/aromatic N) is 1. The Labute approximate surface area is 78.1 Å². The van der Waals surface area contributed by atoms with Crippen molar-refractivity contribution in [2.75, 3.05) is 0 Å². The molecule has 0 aromatic carbocycles. The van der Waals surface area contributed by atoms with Gasteiger partial charge in [-0.2, -0.15) is 0 Å². The Balaban J connectivity index is 2.02. The zero-order valence-corrected chi connectivity index (χ0v) is 7.56. The van der Waals surface area contributed by atoms with E-state index < -0.39 is 0 Å². The van der Waals surface area contributed by atoms with E-state index in [0.29, 0.717) is 12.0 Å². The molecule has 1 aliphatic carbocycles. The standard InChI is InChI=1S/C10H15N3/c11-8-5-7(6-8)10(12)9-3-1-2-4-13-9/h1-4,7-8,10H,5-6,11-12H2. The van der Waals surface area contributed by atoms with Crippen LogP contribution in [-0.2, 0) is 0 Å². The van der Waals surface area contributed by atoms with Crippen molar-refractivity contribution in [1.29, 1.82) is 0 Å². The molecule has 1 aromatic rings. The Morgan fingerprint density at radius 1 is 1.38 bits per heavy atom. The number of hydrogen-bond acceptors (Lipinski definition) is 3. The number of aromatic nitrogens is 1. The van der Waals surface area contributed by atoms with Crippen molar-refractivity contribution in [2.24, 2.45) is 17.4 Å². The van der Waals surface area contributed by atoms with E-state index in [-0.39, 0.29) is 6.04 Å². The molecule has 1 saturated carbocycles. The van der Waals surface area contributed by atoms with Crippen LogP contribution in [0.5, 0.6) is 0 Å². The summed E-state index contributed by atoms with van der Waals surface area (Å²) in [6, 6.07) is 6.29. The molecule has 1 fully saturated rings. The maximum absolute atomic E-state index is 6.04. The van der Waals surface area contributed by atoms with Gasteiger partial charge in [-0.15, -0.1) is 0 Å². The highest BCUT2D eigenvalue weighted by atomic mass is 14.8. The van der Waals surface area contributed by atoms with Crippen molar-refractivity contribution in [1.82, 2.24) is 4.98 Å². The minimum absolute atomic E-state index is 0.0704. The van der Waals surface area contributed by atoms with Gasteiger partial charge in [0.1, 0.15) is 0 Å². The van der Waals surface area contributed by atoms with Gasteiger partial charge in [-0.25, -0.2) is 0 Å². The fraction of sp³-hybridized carbons (Fsp3) is 0.500. The zero-order chi connectivity index (χ0) is 9.26. The predicted octanol–water partition coefficient (Wildman–Crippen LogP) is 0.819. The maximum atomic E-state index is 6.04. The first-order chi connectivity index (χ1) is 6.27. The molecule has 1 unspecified atom stereocenters. The molecule has 0 saturated heterocycles. The van der Waals surface area contributed by atoms with Gasteiger partial charge in [-0.05, 0) is 30.9 Å². The quantitative estimate of drug-likeness (QED) is 0.703. The van der Waals surface area contributed by atoms with Crippen LogP contribution in [0.15, 0.2) is 24.4 Å². The summed E-state index contributed by atoms with van der Waals surface area (Å²) < 4.78 is 0. The number of hydrogen-bond donors (Lipinski definition) is 2. The lowest BCUT2D eigenvalue weighted by molar-refractivity contribution is 0.221. The van der Waals surface area contributed by atoms with Crippen LogP contribution >= 0.6 is 0 Å². The SMILES string of the molecule is NC1CC(C(N)c2ccccn2)C1. The molecule has 4 N–H and O–H groups in total. The molecule has 3 nitrogen and oxygen atoms in total. The Hall–Kier alpha value is -0.930. The lowest BCUT2D eigenvalue weighted by atomic mass is 9.75. The van der Waals surface area contributed by atoms with Crippen LogP contribution in [0.2, 0.25) is 0 Å². The first-order valence-corrected chi connectivity index (χ1v) is 4.69. The van der Waals surface area contributed by atoms with E-state index in [2.05, 4.69) is 4.98 Å². The molecule has 70 valence electrons. The summed E-state index contributed by atoms with van der Waals surface area (Å²) in [6.45, 7) is 0. The van der Waals surface area contributed by atoms with E-state index in [1.54, 1.807) is 6.20 Å². The third kappa shape index (κ3) is 1.71. The average Bonchev–Trinajstić information content (AvgIpc) is 2.13. The van der Waals surface area contributed by atoms with Gasteiger partial charge in [-0.1, -0.05) is 6.07 Å². The van der Waals surface area contributed by atoms with Crippen LogP contribution in [0.1, 0.15) is 24.6 Å². The first-order valence-electron chi connectivity index (χ1n) is 4.69. The van der Waals surface area contributed by atoms with Gasteiger partial charge >= 0.3 is 0 Å². The third-order valence-corrected chi connectivity index (χ3v) is 2.75. The zero-order valence-electron chi connectivity index (χ0n) is 7.56. The van der Waals surface area contributed by atoms with Gasteiger partial charge in [-0.3, -0.25) is 4.98 Å². The molecule has 0 spiro atoms. The largest absolute Gasteiger partial charge is 0.328 e. The lowest BCUT2D eigenvalue weighted by Gasteiger charge is -2.36. The third-order valence-electron chi connectivity index (χ3n) is 2.75. The first kappa shape index (κ1) is 8.66. The van der Waals surface area contributed by atoms with Crippen LogP contribution in [0.25, 0.3) is 0 Å². The summed E-state index contributed by atoms with van der Waals surface area (Å²) in [4.78, 5) is 4.24. The van der Waals surface area contributed by atoms with Gasteiger partial charge < -0.3 is 11.5 Å². The van der Waals surface area contributed by atoms with Crippen molar-refractivity contribution < 1.29 is 0 Å². The molecule has 3 heteroatoms. The van der Waals surface area contributed by atoms with E-state index in [1.807, 2.05) is 18.2 Å². The van der Waals surface area contributed by atoms with Crippen molar-refractivity contribution >= 4 is 0 Å². The van der Waals surface area contributed by atoms with E-state index in [0.717, 1.165) is 18.5 Å². The van der Waals surface area contributed by atoms with E-state index in [1.165, 1.54) is 0 Å². The van der Waals surface area contributed by atoms with Crippen molar-refractivity contribution in [3.8, 4) is 0 Å². The van der Waals surface area contributed by atoms with Crippen LogP contribution in [-0.4, -0.2) is 11.0 Å². The van der Waals surface area contributed by atoms with E-state index in [4.69, 9.17) is 11.5 Å². The maximum Gasteiger partial charge on any atom is 0.0573 e. The average molecular weight is 177 g/mol. The summed E-state index contributed by atoms with van der Waals surface area (Å²) in [5, 5.41) is 0. The molecule has 0 amide bonds. The molecular weight excluding hydrogens is 162 g/mol. The number of pyridine rings is 1. The Bertz CT molecular complexity index is 267. The van der Waals surface area contributed by atoms with Crippen LogP contribution in [0.4, 0.5) is 0 Å². The molecule has 2 rings (SSSR count). The monoisotopic (exact) mass is 177 g/mol. The molecule has 13 heavy (non-hydrogen) atoms. The minimum atomic E-state index is 0.0704. The summed E-state index contributed by atoms with van der Waals surface area (Å²) in [6.07, 6.45) is 3.86. The molecule has 1 heterocycles. The molecule has 1 aliphatic rings. The molecule has 0 aliphatic heterocycles. The summed E-state index contributed by atoms with van der Waals surface area (Å²) in [5.41, 5.74) is 12.7. The van der Waals surface area contributed by atoms with Gasteiger partial charge in [0.2, 0.25) is 0 Å². The minimum Gasteiger partial charge on any atom is -0.328 e. The molecule has 0 bridgehead atoms. The van der Waals surface area contributed by atoms with Gasteiger partial charge in [0.05, 0.1) is 5.69 Å². The Morgan fingerprint density at radius 3 is 2.69 bits per heavy atom. The van der Waals surface area contributed by atoms with E-state index >= 15 is 0 Å². The van der Waals surface area contributed by atoms with Crippen LogP contribution in [0.3, 0.4) is 0 Å². The van der Waals surface area contributed by atoms with Gasteiger partial charge in [0.25, 0.3) is 0 Å². The summed E-state index contributed by atoms with van der Waals surface area (Å²) in [5.74, 6) is 0.532. The van der Waals surface area contributed by atoms with Crippen molar-refractivity contribution in [3.63, 3.8) is 0 Å². The Morgan fingerprint density at radius 2 is 2.15 bits per heavy atom. The molecule has 1 atom stereocenters. The highest BCUT2D eigenvalue weighted by Crippen LogP contribution is 2.34. The topological polar surface area (TPSA) is 64.9 Å².